The van der Waals surface area contributed by atoms with Crippen molar-refractivity contribution in [1.82, 2.24) is 5.32 Å². The van der Waals surface area contributed by atoms with Crippen LogP contribution in [0.1, 0.15) is 16.8 Å². The van der Waals surface area contributed by atoms with Crippen LogP contribution >= 0.6 is 0 Å². The van der Waals surface area contributed by atoms with Crippen molar-refractivity contribution >= 4 is 17.5 Å². The van der Waals surface area contributed by atoms with Gasteiger partial charge in [0.2, 0.25) is 11.8 Å². The number of methoxy groups -OCH3 is 1. The molecule has 1 aromatic carbocycles. The Morgan fingerprint density at radius 2 is 2.26 bits per heavy atom. The Morgan fingerprint density at radius 3 is 2.89 bits per heavy atom. The van der Waals surface area contributed by atoms with Crippen LogP contribution in [0.4, 0.5) is 5.69 Å². The van der Waals surface area contributed by atoms with Gasteiger partial charge in [-0.05, 0) is 24.6 Å². The lowest BCUT2D eigenvalue weighted by atomic mass is 10.1. The van der Waals surface area contributed by atoms with E-state index in [2.05, 4.69) is 10.6 Å². The van der Waals surface area contributed by atoms with E-state index in [1.54, 1.807) is 31.4 Å². The number of carbonyl (C=O) groups is 2. The van der Waals surface area contributed by atoms with E-state index < -0.39 is 5.91 Å². The summed E-state index contributed by atoms with van der Waals surface area (Å²) in [6, 6.07) is 6.28. The molecule has 0 aromatic heterocycles. The van der Waals surface area contributed by atoms with Crippen LogP contribution in [0, 0.1) is 0 Å². The van der Waals surface area contributed by atoms with E-state index >= 15 is 0 Å². The number of ether oxygens (including phenoxy) is 1. The number of nitrogens with one attached hydrogen (secondary N) is 2. The van der Waals surface area contributed by atoms with Crippen LogP contribution in [-0.2, 0) is 9.53 Å². The number of hydrogen-bond acceptors (Lipinski definition) is 4. The lowest BCUT2D eigenvalue weighted by Crippen LogP contribution is -2.35. The summed E-state index contributed by atoms with van der Waals surface area (Å²) in [4.78, 5) is 23.1. The van der Waals surface area contributed by atoms with E-state index in [1.165, 1.54) is 0 Å². The Kier molecular flexibility index (Phi) is 4.13. The maximum Gasteiger partial charge on any atom is 0.248 e. The van der Waals surface area contributed by atoms with Crippen LogP contribution in [-0.4, -0.2) is 37.6 Å². The molecule has 6 heteroatoms. The van der Waals surface area contributed by atoms with Crippen LogP contribution in [0.5, 0.6) is 0 Å². The fraction of sp³-hybridized carbons (Fsp3) is 0.385. The quantitative estimate of drug-likeness (QED) is 0.718. The molecule has 0 saturated carbocycles. The first-order valence-corrected chi connectivity index (χ1v) is 6.07. The minimum absolute atomic E-state index is 0.0627. The van der Waals surface area contributed by atoms with E-state index in [0.717, 1.165) is 0 Å². The summed E-state index contributed by atoms with van der Waals surface area (Å²) in [7, 11) is 1.63. The average molecular weight is 263 g/mol. The van der Waals surface area contributed by atoms with Gasteiger partial charge in [-0.2, -0.15) is 0 Å². The third-order valence-corrected chi connectivity index (χ3v) is 3.15. The molecule has 1 heterocycles. The number of benzene rings is 1. The van der Waals surface area contributed by atoms with Gasteiger partial charge in [0, 0.05) is 24.9 Å². The number of carbonyl (C=O) groups excluding carboxylic acids is 2. The molecule has 1 saturated heterocycles. The van der Waals surface area contributed by atoms with Crippen LogP contribution in [0.3, 0.4) is 0 Å². The largest absolute Gasteiger partial charge is 0.380 e. The summed E-state index contributed by atoms with van der Waals surface area (Å²) in [5.74, 6) is -0.657. The van der Waals surface area contributed by atoms with Gasteiger partial charge < -0.3 is 21.1 Å². The molecule has 102 valence electrons. The molecule has 4 N–H and O–H groups in total. The molecule has 19 heavy (non-hydrogen) atoms. The smallest absolute Gasteiger partial charge is 0.248 e. The molecule has 6 nitrogen and oxygen atoms in total. The number of amides is 2. The van der Waals surface area contributed by atoms with Gasteiger partial charge in [-0.25, -0.2) is 0 Å². The van der Waals surface area contributed by atoms with E-state index in [4.69, 9.17) is 10.5 Å². The summed E-state index contributed by atoms with van der Waals surface area (Å²) < 4.78 is 5.19. The van der Waals surface area contributed by atoms with Gasteiger partial charge in [-0.3, -0.25) is 9.59 Å². The minimum atomic E-state index is -0.519. The Morgan fingerprint density at radius 1 is 1.47 bits per heavy atom. The fourth-order valence-corrected chi connectivity index (χ4v) is 2.06. The fourth-order valence-electron chi connectivity index (χ4n) is 2.06. The first-order chi connectivity index (χ1) is 9.10. The van der Waals surface area contributed by atoms with Crippen LogP contribution < -0.4 is 16.4 Å². The summed E-state index contributed by atoms with van der Waals surface area (Å²) in [6.07, 6.45) is 0.699. The summed E-state index contributed by atoms with van der Waals surface area (Å²) >= 11 is 0. The summed E-state index contributed by atoms with van der Waals surface area (Å²) in [6.45, 7) is 0.663. The number of nitrogens with two attached hydrogens (primary N) is 1. The van der Waals surface area contributed by atoms with Crippen molar-refractivity contribution in [2.75, 3.05) is 19.0 Å². The lowest BCUT2D eigenvalue weighted by molar-refractivity contribution is -0.118. The van der Waals surface area contributed by atoms with Crippen LogP contribution in [0.25, 0.3) is 0 Å². The molecule has 2 atom stereocenters. The highest BCUT2D eigenvalue weighted by Crippen LogP contribution is 2.14. The number of rotatable bonds is 4. The predicted molar refractivity (Wildman–Crippen MR) is 70.8 cm³/mol. The van der Waals surface area contributed by atoms with Gasteiger partial charge in [0.25, 0.3) is 0 Å². The van der Waals surface area contributed by atoms with Crippen molar-refractivity contribution in [2.24, 2.45) is 5.73 Å². The van der Waals surface area contributed by atoms with Crippen molar-refractivity contribution in [1.29, 1.82) is 0 Å². The zero-order valence-corrected chi connectivity index (χ0v) is 10.7. The SMILES string of the molecule is COC1CNC(C(=O)Nc2cccc(C(N)=O)c2)C1. The first-order valence-electron chi connectivity index (χ1n) is 6.07. The van der Waals surface area contributed by atoms with Crippen LogP contribution in [0.2, 0.25) is 0 Å². The average Bonchev–Trinajstić information content (AvgIpc) is 2.88. The molecule has 1 aliphatic rings. The van der Waals surface area contributed by atoms with Crippen molar-refractivity contribution in [2.45, 2.75) is 18.6 Å². The molecule has 2 rings (SSSR count). The standard InChI is InChI=1S/C13H17N3O3/c1-19-10-6-11(15-7-10)13(18)16-9-4-2-3-8(5-9)12(14)17/h2-5,10-11,15H,6-7H2,1H3,(H2,14,17)(H,16,18). The molecule has 0 aliphatic carbocycles. The minimum Gasteiger partial charge on any atom is -0.380 e. The highest BCUT2D eigenvalue weighted by molar-refractivity contribution is 5.98. The first kappa shape index (κ1) is 13.5. The summed E-state index contributed by atoms with van der Waals surface area (Å²) in [5, 5.41) is 5.85. The molecule has 2 amide bonds. The molecule has 1 fully saturated rings. The van der Waals surface area contributed by atoms with Crippen molar-refractivity contribution in [3.8, 4) is 0 Å². The molecule has 2 unspecified atom stereocenters. The Labute approximate surface area is 111 Å². The number of primary amides is 1. The van der Waals surface area contributed by atoms with Gasteiger partial charge in [0.05, 0.1) is 12.1 Å². The van der Waals surface area contributed by atoms with Crippen molar-refractivity contribution in [3.05, 3.63) is 29.8 Å². The van der Waals surface area contributed by atoms with Crippen molar-refractivity contribution in [3.63, 3.8) is 0 Å². The molecular formula is C13H17N3O3. The molecule has 1 aromatic rings. The highest BCUT2D eigenvalue weighted by atomic mass is 16.5. The summed E-state index contributed by atoms with van der Waals surface area (Å²) in [5.41, 5.74) is 6.12. The molecular weight excluding hydrogens is 246 g/mol. The van der Waals surface area contributed by atoms with E-state index in [1.807, 2.05) is 0 Å². The van der Waals surface area contributed by atoms with Gasteiger partial charge in [0.1, 0.15) is 0 Å². The molecule has 1 aliphatic heterocycles. The molecule has 0 spiro atoms. The Bertz CT molecular complexity index is 490. The maximum absolute atomic E-state index is 12.0. The predicted octanol–water partition coefficient (Wildman–Crippen LogP) is 0.101. The zero-order valence-electron chi connectivity index (χ0n) is 10.7. The second-order valence-electron chi connectivity index (χ2n) is 4.49. The number of anilines is 1. The second kappa shape index (κ2) is 5.81. The van der Waals surface area contributed by atoms with E-state index in [0.29, 0.717) is 24.2 Å². The van der Waals surface area contributed by atoms with E-state index in [-0.39, 0.29) is 18.1 Å². The third-order valence-electron chi connectivity index (χ3n) is 3.15. The maximum atomic E-state index is 12.0. The third kappa shape index (κ3) is 3.30. The monoisotopic (exact) mass is 263 g/mol. The Hall–Kier alpha value is -1.92. The Balaban J connectivity index is 1.99. The van der Waals surface area contributed by atoms with Crippen molar-refractivity contribution < 1.29 is 14.3 Å². The lowest BCUT2D eigenvalue weighted by Gasteiger charge is -2.11. The van der Waals surface area contributed by atoms with Gasteiger partial charge in [0.15, 0.2) is 0 Å². The molecule has 0 radical (unpaired) electrons. The normalized spacial score (nSPS) is 22.2. The second-order valence-corrected chi connectivity index (χ2v) is 4.49. The van der Waals surface area contributed by atoms with Crippen LogP contribution in [0.15, 0.2) is 24.3 Å². The topological polar surface area (TPSA) is 93.4 Å². The van der Waals surface area contributed by atoms with Gasteiger partial charge in [-0.15, -0.1) is 0 Å². The van der Waals surface area contributed by atoms with Gasteiger partial charge >= 0.3 is 0 Å². The molecule has 0 bridgehead atoms. The highest BCUT2D eigenvalue weighted by Gasteiger charge is 2.29. The zero-order chi connectivity index (χ0) is 13.8. The van der Waals surface area contributed by atoms with Gasteiger partial charge in [-0.1, -0.05) is 6.07 Å². The number of hydrogen-bond donors (Lipinski definition) is 3. The van der Waals surface area contributed by atoms with E-state index in [9.17, 15) is 9.59 Å².